The SMILES string of the molecule is Cc1ccn(-c2ccc(N3CCN(S(=O)(=O)c4ccc(C)c([N+](=O)[O-])c4)CC3)nn2)n1. The van der Waals surface area contributed by atoms with E-state index in [0.717, 1.165) is 11.8 Å². The highest BCUT2D eigenvalue weighted by Crippen LogP contribution is 2.25. The van der Waals surface area contributed by atoms with Gasteiger partial charge in [-0.25, -0.2) is 13.1 Å². The molecule has 1 saturated heterocycles. The number of nitro groups is 1. The van der Waals surface area contributed by atoms with Gasteiger partial charge in [-0.05, 0) is 38.1 Å². The maximum Gasteiger partial charge on any atom is 0.273 e. The van der Waals surface area contributed by atoms with Crippen molar-refractivity contribution in [3.8, 4) is 5.82 Å². The van der Waals surface area contributed by atoms with Gasteiger partial charge in [-0.3, -0.25) is 10.1 Å². The monoisotopic (exact) mass is 443 g/mol. The summed E-state index contributed by atoms with van der Waals surface area (Å²) in [5.41, 5.74) is 1.09. The van der Waals surface area contributed by atoms with Crippen molar-refractivity contribution in [2.75, 3.05) is 31.1 Å². The van der Waals surface area contributed by atoms with Gasteiger partial charge in [0.25, 0.3) is 5.69 Å². The van der Waals surface area contributed by atoms with Crippen LogP contribution in [0, 0.1) is 24.0 Å². The molecular weight excluding hydrogens is 422 g/mol. The molecule has 3 heterocycles. The predicted molar refractivity (Wildman–Crippen MR) is 113 cm³/mol. The van der Waals surface area contributed by atoms with Crippen molar-refractivity contribution < 1.29 is 13.3 Å². The molecule has 0 bridgehead atoms. The quantitative estimate of drug-likeness (QED) is 0.431. The number of benzene rings is 1. The first-order valence-electron chi connectivity index (χ1n) is 9.62. The van der Waals surface area contributed by atoms with E-state index in [0.29, 0.717) is 30.3 Å². The first kappa shape index (κ1) is 20.9. The van der Waals surface area contributed by atoms with Crippen LogP contribution >= 0.6 is 0 Å². The number of aryl methyl sites for hydroxylation is 2. The highest BCUT2D eigenvalue weighted by molar-refractivity contribution is 7.89. The number of aromatic nitrogens is 4. The molecule has 0 unspecified atom stereocenters. The highest BCUT2D eigenvalue weighted by atomic mass is 32.2. The zero-order valence-corrected chi connectivity index (χ0v) is 17.9. The van der Waals surface area contributed by atoms with Crippen LogP contribution in [0.2, 0.25) is 0 Å². The van der Waals surface area contributed by atoms with Gasteiger partial charge in [0.1, 0.15) is 0 Å². The maximum atomic E-state index is 13.0. The number of nitrogens with zero attached hydrogens (tertiary/aromatic N) is 7. The smallest absolute Gasteiger partial charge is 0.273 e. The van der Waals surface area contributed by atoms with E-state index in [1.807, 2.05) is 30.0 Å². The summed E-state index contributed by atoms with van der Waals surface area (Å²) in [5.74, 6) is 1.25. The number of piperazine rings is 1. The van der Waals surface area contributed by atoms with E-state index >= 15 is 0 Å². The Balaban J connectivity index is 1.46. The Bertz CT molecular complexity index is 1220. The average molecular weight is 443 g/mol. The number of nitro benzene ring substituents is 1. The molecule has 0 spiro atoms. The van der Waals surface area contributed by atoms with Gasteiger partial charge in [0.2, 0.25) is 10.0 Å². The molecule has 0 atom stereocenters. The van der Waals surface area contributed by atoms with Crippen molar-refractivity contribution in [2.24, 2.45) is 0 Å². The summed E-state index contributed by atoms with van der Waals surface area (Å²) in [6, 6.07) is 9.50. The summed E-state index contributed by atoms with van der Waals surface area (Å²) >= 11 is 0. The van der Waals surface area contributed by atoms with Gasteiger partial charge >= 0.3 is 0 Å². The number of hydrogen-bond acceptors (Lipinski definition) is 8. The second kappa shape index (κ2) is 8.04. The summed E-state index contributed by atoms with van der Waals surface area (Å²) in [6.45, 7) is 4.82. The summed E-state index contributed by atoms with van der Waals surface area (Å²) in [6.07, 6.45) is 1.80. The summed E-state index contributed by atoms with van der Waals surface area (Å²) in [4.78, 5) is 12.5. The van der Waals surface area contributed by atoms with Gasteiger partial charge in [0.15, 0.2) is 11.6 Å². The summed E-state index contributed by atoms with van der Waals surface area (Å²) in [5, 5.41) is 23.9. The molecule has 1 aliphatic heterocycles. The lowest BCUT2D eigenvalue weighted by Gasteiger charge is -2.34. The number of sulfonamides is 1. The van der Waals surface area contributed by atoms with Crippen LogP contribution in [0.25, 0.3) is 5.82 Å². The Labute approximate surface area is 179 Å². The second-order valence-corrected chi connectivity index (χ2v) is 9.19. The second-order valence-electron chi connectivity index (χ2n) is 7.25. The topological polar surface area (TPSA) is 127 Å². The fraction of sp³-hybridized carbons (Fsp3) is 0.316. The number of hydrogen-bond donors (Lipinski definition) is 0. The normalized spacial score (nSPS) is 15.2. The lowest BCUT2D eigenvalue weighted by Crippen LogP contribution is -2.49. The molecule has 2 aromatic heterocycles. The van der Waals surface area contributed by atoms with Crippen molar-refractivity contribution in [1.29, 1.82) is 0 Å². The minimum absolute atomic E-state index is 0.0723. The first-order valence-corrected chi connectivity index (χ1v) is 11.1. The fourth-order valence-corrected chi connectivity index (χ4v) is 4.85. The highest BCUT2D eigenvalue weighted by Gasteiger charge is 2.30. The first-order chi connectivity index (χ1) is 14.8. The van der Waals surface area contributed by atoms with E-state index in [2.05, 4.69) is 15.3 Å². The van der Waals surface area contributed by atoms with Gasteiger partial charge < -0.3 is 4.90 Å². The van der Waals surface area contributed by atoms with Crippen LogP contribution in [0.3, 0.4) is 0 Å². The molecule has 3 aromatic rings. The molecule has 4 rings (SSSR count). The summed E-state index contributed by atoms with van der Waals surface area (Å²) in [7, 11) is -3.83. The zero-order chi connectivity index (χ0) is 22.2. The van der Waals surface area contributed by atoms with Crippen molar-refractivity contribution in [2.45, 2.75) is 18.7 Å². The molecule has 0 N–H and O–H groups in total. The van der Waals surface area contributed by atoms with E-state index in [1.165, 1.54) is 16.4 Å². The van der Waals surface area contributed by atoms with Crippen LogP contribution in [0.1, 0.15) is 11.3 Å². The van der Waals surface area contributed by atoms with Crippen molar-refractivity contribution in [3.63, 3.8) is 0 Å². The third-order valence-electron chi connectivity index (χ3n) is 5.17. The molecule has 0 amide bonds. The van der Waals surface area contributed by atoms with Gasteiger partial charge in [0.05, 0.1) is 15.5 Å². The molecule has 31 heavy (non-hydrogen) atoms. The average Bonchev–Trinajstić information content (AvgIpc) is 3.20. The van der Waals surface area contributed by atoms with Gasteiger partial charge in [-0.1, -0.05) is 6.07 Å². The molecular formula is C19H21N7O4S. The van der Waals surface area contributed by atoms with Crippen LogP contribution in [-0.2, 0) is 10.0 Å². The van der Waals surface area contributed by atoms with Crippen molar-refractivity contribution in [1.82, 2.24) is 24.3 Å². The van der Waals surface area contributed by atoms with E-state index in [1.54, 1.807) is 17.8 Å². The van der Waals surface area contributed by atoms with E-state index in [9.17, 15) is 18.5 Å². The molecule has 0 aliphatic carbocycles. The molecule has 1 aliphatic rings. The molecule has 0 saturated carbocycles. The number of rotatable bonds is 5. The Kier molecular flexibility index (Phi) is 5.41. The van der Waals surface area contributed by atoms with Gasteiger partial charge in [0, 0.05) is 44.0 Å². The Morgan fingerprint density at radius 1 is 0.968 bits per heavy atom. The molecule has 1 aromatic carbocycles. The minimum atomic E-state index is -3.83. The third kappa shape index (κ3) is 4.11. The Morgan fingerprint density at radius 3 is 2.23 bits per heavy atom. The van der Waals surface area contributed by atoms with Crippen LogP contribution in [0.4, 0.5) is 11.5 Å². The Hall–Kier alpha value is -3.38. The third-order valence-corrected chi connectivity index (χ3v) is 7.07. The predicted octanol–water partition coefficient (Wildman–Crippen LogP) is 1.70. The molecule has 12 heteroatoms. The molecule has 11 nitrogen and oxygen atoms in total. The van der Waals surface area contributed by atoms with Crippen molar-refractivity contribution in [3.05, 3.63) is 64.0 Å². The van der Waals surface area contributed by atoms with Crippen LogP contribution in [0.5, 0.6) is 0 Å². The standard InChI is InChI=1S/C19H21N7O4S/c1-14-3-4-16(13-17(14)26(27)28)31(29,30)24-11-9-23(10-12-24)18-5-6-19(21-20-18)25-8-7-15(2)22-25/h3-8,13H,9-12H2,1-2H3. The number of anilines is 1. The van der Waals surface area contributed by atoms with Crippen LogP contribution in [0.15, 0.2) is 47.5 Å². The van der Waals surface area contributed by atoms with Crippen LogP contribution in [-0.4, -0.2) is 63.8 Å². The molecule has 1 fully saturated rings. The minimum Gasteiger partial charge on any atom is -0.352 e. The van der Waals surface area contributed by atoms with Gasteiger partial charge in [-0.2, -0.15) is 9.40 Å². The van der Waals surface area contributed by atoms with E-state index in [4.69, 9.17) is 0 Å². The largest absolute Gasteiger partial charge is 0.352 e. The fourth-order valence-electron chi connectivity index (χ4n) is 3.40. The lowest BCUT2D eigenvalue weighted by atomic mass is 10.2. The van der Waals surface area contributed by atoms with Crippen LogP contribution < -0.4 is 4.90 Å². The Morgan fingerprint density at radius 2 is 1.65 bits per heavy atom. The zero-order valence-electron chi connectivity index (χ0n) is 17.0. The van der Waals surface area contributed by atoms with E-state index in [-0.39, 0.29) is 23.7 Å². The molecule has 162 valence electrons. The molecule has 0 radical (unpaired) electrons. The van der Waals surface area contributed by atoms with Crippen molar-refractivity contribution >= 4 is 21.5 Å². The lowest BCUT2D eigenvalue weighted by molar-refractivity contribution is -0.385. The maximum absolute atomic E-state index is 13.0. The van der Waals surface area contributed by atoms with Gasteiger partial charge in [-0.15, -0.1) is 10.2 Å². The van der Waals surface area contributed by atoms with E-state index < -0.39 is 14.9 Å². The summed E-state index contributed by atoms with van der Waals surface area (Å²) < 4.78 is 28.9.